The molecule has 0 spiro atoms. The molecule has 0 atom stereocenters. The van der Waals surface area contributed by atoms with E-state index in [1.807, 2.05) is 6.08 Å². The molecule has 0 saturated carbocycles. The Labute approximate surface area is 85.1 Å². The van der Waals surface area contributed by atoms with Gasteiger partial charge in [0.25, 0.3) is 0 Å². The summed E-state index contributed by atoms with van der Waals surface area (Å²) in [7, 11) is 1.32. The minimum atomic E-state index is -0.333. The van der Waals surface area contributed by atoms with E-state index < -0.39 is 0 Å². The smallest absolute Gasteiger partial charge is 0.305 e. The third kappa shape index (κ3) is 7.53. The van der Waals surface area contributed by atoms with Crippen molar-refractivity contribution in [2.24, 2.45) is 0 Å². The van der Waals surface area contributed by atoms with E-state index in [9.17, 15) is 9.59 Å². The Hall–Kier alpha value is -1.12. The number of ether oxygens (including phenoxy) is 1. The Balaban J connectivity index is 3.54. The summed E-state index contributed by atoms with van der Waals surface area (Å²) < 4.78 is 4.43. The second kappa shape index (κ2) is 8.48. The Morgan fingerprint density at radius 3 is 2.57 bits per heavy atom. The molecule has 0 aliphatic heterocycles. The lowest BCUT2D eigenvalue weighted by Gasteiger charge is -1.95. The van der Waals surface area contributed by atoms with Crippen LogP contribution in [0.15, 0.2) is 12.2 Å². The second-order valence-corrected chi connectivity index (χ2v) is 3.09. The molecule has 0 unspecified atom stereocenters. The molecule has 0 N–H and O–H groups in total. The van der Waals surface area contributed by atoms with Crippen LogP contribution in [0.2, 0.25) is 0 Å². The standard InChI is InChI=1S/C11H18O3/c1-3-4-5-6-7-10(12)8-9-11(13)14-2/h6-7H,3-5,8-9H2,1-2H3/b7-6+. The first-order chi connectivity index (χ1) is 6.70. The normalized spacial score (nSPS) is 10.4. The van der Waals surface area contributed by atoms with E-state index in [1.54, 1.807) is 6.08 Å². The van der Waals surface area contributed by atoms with Crippen LogP contribution < -0.4 is 0 Å². The molecule has 0 aliphatic carbocycles. The summed E-state index contributed by atoms with van der Waals surface area (Å²) in [4.78, 5) is 21.8. The van der Waals surface area contributed by atoms with Crippen LogP contribution in [0.5, 0.6) is 0 Å². The maximum atomic E-state index is 11.1. The van der Waals surface area contributed by atoms with Crippen LogP contribution in [0.4, 0.5) is 0 Å². The summed E-state index contributed by atoms with van der Waals surface area (Å²) in [5.74, 6) is -0.341. The molecule has 0 rings (SSSR count). The minimum Gasteiger partial charge on any atom is -0.469 e. The third-order valence-corrected chi connectivity index (χ3v) is 1.83. The van der Waals surface area contributed by atoms with Gasteiger partial charge in [-0.2, -0.15) is 0 Å². The molecule has 0 bridgehead atoms. The van der Waals surface area contributed by atoms with Gasteiger partial charge in [0.05, 0.1) is 13.5 Å². The van der Waals surface area contributed by atoms with E-state index >= 15 is 0 Å². The Kier molecular flexibility index (Phi) is 7.80. The number of rotatable bonds is 7. The van der Waals surface area contributed by atoms with E-state index in [0.717, 1.165) is 19.3 Å². The van der Waals surface area contributed by atoms with Crippen molar-refractivity contribution < 1.29 is 14.3 Å². The monoisotopic (exact) mass is 198 g/mol. The SMILES string of the molecule is CCCC/C=C/C(=O)CCC(=O)OC. The Morgan fingerprint density at radius 2 is 2.00 bits per heavy atom. The topological polar surface area (TPSA) is 43.4 Å². The van der Waals surface area contributed by atoms with Gasteiger partial charge in [-0.1, -0.05) is 25.8 Å². The molecule has 0 amide bonds. The summed E-state index contributed by atoms with van der Waals surface area (Å²) >= 11 is 0. The van der Waals surface area contributed by atoms with Crippen LogP contribution in [0.25, 0.3) is 0 Å². The number of ketones is 1. The van der Waals surface area contributed by atoms with Gasteiger partial charge in [-0.3, -0.25) is 9.59 Å². The highest BCUT2D eigenvalue weighted by Crippen LogP contribution is 1.98. The number of esters is 1. The van der Waals surface area contributed by atoms with Gasteiger partial charge in [-0.15, -0.1) is 0 Å². The molecule has 0 heterocycles. The van der Waals surface area contributed by atoms with Gasteiger partial charge >= 0.3 is 5.97 Å². The lowest BCUT2D eigenvalue weighted by atomic mass is 10.2. The molecule has 0 aromatic rings. The summed E-state index contributed by atoms with van der Waals surface area (Å²) in [6.45, 7) is 2.10. The number of methoxy groups -OCH3 is 1. The van der Waals surface area contributed by atoms with Gasteiger partial charge in [0, 0.05) is 6.42 Å². The third-order valence-electron chi connectivity index (χ3n) is 1.83. The molecule has 80 valence electrons. The van der Waals surface area contributed by atoms with E-state index in [4.69, 9.17) is 0 Å². The van der Waals surface area contributed by atoms with Gasteiger partial charge < -0.3 is 4.74 Å². The van der Waals surface area contributed by atoms with Crippen molar-refractivity contribution in [1.29, 1.82) is 0 Å². The zero-order valence-corrected chi connectivity index (χ0v) is 8.91. The first-order valence-electron chi connectivity index (χ1n) is 4.97. The Bertz CT molecular complexity index is 207. The number of hydrogen-bond acceptors (Lipinski definition) is 3. The molecule has 0 aliphatic rings. The number of carbonyl (C=O) groups excluding carboxylic acids is 2. The van der Waals surface area contributed by atoms with Crippen LogP contribution in [0.1, 0.15) is 39.0 Å². The zero-order chi connectivity index (χ0) is 10.8. The lowest BCUT2D eigenvalue weighted by Crippen LogP contribution is -2.03. The predicted molar refractivity (Wildman–Crippen MR) is 54.9 cm³/mol. The molecule has 0 radical (unpaired) electrons. The first-order valence-corrected chi connectivity index (χ1v) is 4.97. The average molecular weight is 198 g/mol. The van der Waals surface area contributed by atoms with Crippen molar-refractivity contribution in [1.82, 2.24) is 0 Å². The highest BCUT2D eigenvalue weighted by Gasteiger charge is 2.03. The van der Waals surface area contributed by atoms with Crippen molar-refractivity contribution in [3.8, 4) is 0 Å². The van der Waals surface area contributed by atoms with Crippen molar-refractivity contribution in [3.05, 3.63) is 12.2 Å². The lowest BCUT2D eigenvalue weighted by molar-refractivity contribution is -0.141. The van der Waals surface area contributed by atoms with Gasteiger partial charge in [-0.05, 0) is 12.5 Å². The second-order valence-electron chi connectivity index (χ2n) is 3.09. The molecular weight excluding hydrogens is 180 g/mol. The van der Waals surface area contributed by atoms with E-state index in [-0.39, 0.29) is 24.6 Å². The average Bonchev–Trinajstić information content (AvgIpc) is 2.21. The van der Waals surface area contributed by atoms with E-state index in [1.165, 1.54) is 7.11 Å². The van der Waals surface area contributed by atoms with Crippen molar-refractivity contribution in [3.63, 3.8) is 0 Å². The maximum Gasteiger partial charge on any atom is 0.305 e. The largest absolute Gasteiger partial charge is 0.469 e. The maximum absolute atomic E-state index is 11.1. The van der Waals surface area contributed by atoms with Crippen molar-refractivity contribution >= 4 is 11.8 Å². The summed E-state index contributed by atoms with van der Waals surface area (Å²) in [6.07, 6.45) is 6.99. The molecule has 0 aromatic carbocycles. The molecule has 14 heavy (non-hydrogen) atoms. The molecule has 3 nitrogen and oxygen atoms in total. The zero-order valence-electron chi connectivity index (χ0n) is 8.91. The van der Waals surface area contributed by atoms with E-state index in [0.29, 0.717) is 0 Å². The summed E-state index contributed by atoms with van der Waals surface area (Å²) in [5, 5.41) is 0. The fourth-order valence-electron chi connectivity index (χ4n) is 0.947. The van der Waals surface area contributed by atoms with E-state index in [2.05, 4.69) is 11.7 Å². The molecular formula is C11H18O3. The quantitative estimate of drug-likeness (QED) is 0.358. The highest BCUT2D eigenvalue weighted by atomic mass is 16.5. The van der Waals surface area contributed by atoms with Gasteiger partial charge in [0.2, 0.25) is 0 Å². The van der Waals surface area contributed by atoms with Crippen LogP contribution in [0, 0.1) is 0 Å². The fourth-order valence-corrected chi connectivity index (χ4v) is 0.947. The van der Waals surface area contributed by atoms with Crippen LogP contribution >= 0.6 is 0 Å². The first kappa shape index (κ1) is 12.9. The minimum absolute atomic E-state index is 0.00787. The fraction of sp³-hybridized carbons (Fsp3) is 0.636. The summed E-state index contributed by atoms with van der Waals surface area (Å²) in [5.41, 5.74) is 0. The molecule has 0 fully saturated rings. The number of carbonyl (C=O) groups is 2. The summed E-state index contributed by atoms with van der Waals surface area (Å²) in [6, 6.07) is 0. The molecule has 3 heteroatoms. The Morgan fingerprint density at radius 1 is 1.29 bits per heavy atom. The van der Waals surface area contributed by atoms with Crippen LogP contribution in [-0.4, -0.2) is 18.9 Å². The van der Waals surface area contributed by atoms with Gasteiger partial charge in [0.1, 0.15) is 0 Å². The van der Waals surface area contributed by atoms with Crippen molar-refractivity contribution in [2.45, 2.75) is 39.0 Å². The predicted octanol–water partition coefficient (Wildman–Crippen LogP) is 2.26. The van der Waals surface area contributed by atoms with Crippen LogP contribution in [-0.2, 0) is 14.3 Å². The van der Waals surface area contributed by atoms with Gasteiger partial charge in [0.15, 0.2) is 5.78 Å². The highest BCUT2D eigenvalue weighted by molar-refractivity contribution is 5.91. The number of hydrogen-bond donors (Lipinski definition) is 0. The molecule has 0 saturated heterocycles. The van der Waals surface area contributed by atoms with Crippen molar-refractivity contribution in [2.75, 3.05) is 7.11 Å². The number of allylic oxidation sites excluding steroid dienone is 2. The molecule has 0 aromatic heterocycles. The number of unbranched alkanes of at least 4 members (excludes halogenated alkanes) is 2. The van der Waals surface area contributed by atoms with Gasteiger partial charge in [-0.25, -0.2) is 0 Å². The van der Waals surface area contributed by atoms with Crippen LogP contribution in [0.3, 0.4) is 0 Å².